The molecule has 0 radical (unpaired) electrons. The number of anilines is 1. The van der Waals surface area contributed by atoms with Crippen LogP contribution in [0.2, 0.25) is 0 Å². The van der Waals surface area contributed by atoms with E-state index >= 15 is 0 Å². The third-order valence-electron chi connectivity index (χ3n) is 3.91. The number of benzene rings is 2. The summed E-state index contributed by atoms with van der Waals surface area (Å²) in [6.07, 6.45) is -2.48. The van der Waals surface area contributed by atoms with Crippen LogP contribution in [0, 0.1) is 11.8 Å². The van der Waals surface area contributed by atoms with E-state index in [1.807, 2.05) is 36.2 Å². The summed E-state index contributed by atoms with van der Waals surface area (Å²) in [6.45, 7) is 0.544. The number of halogens is 3. The number of para-hydroxylation sites is 1. The van der Waals surface area contributed by atoms with Gasteiger partial charge in [0.2, 0.25) is 0 Å². The molecule has 3 rings (SSSR count). The maximum Gasteiger partial charge on any atom is 0.417 e. The van der Waals surface area contributed by atoms with E-state index in [0.717, 1.165) is 22.8 Å². The number of rotatable bonds is 3. The molecule has 0 saturated carbocycles. The predicted octanol–water partition coefficient (Wildman–Crippen LogP) is 4.53. The molecule has 132 valence electrons. The molecule has 0 saturated heterocycles. The van der Waals surface area contributed by atoms with Crippen LogP contribution in [0.15, 0.2) is 54.9 Å². The Balaban J connectivity index is 1.73. The zero-order chi connectivity index (χ0) is 18.6. The zero-order valence-corrected chi connectivity index (χ0v) is 14.1. The first kappa shape index (κ1) is 17.7. The second-order valence-corrected chi connectivity index (χ2v) is 5.73. The Morgan fingerprint density at radius 1 is 1.00 bits per heavy atom. The fourth-order valence-corrected chi connectivity index (χ4v) is 2.62. The number of aromatic nitrogens is 2. The van der Waals surface area contributed by atoms with E-state index in [1.54, 1.807) is 6.07 Å². The van der Waals surface area contributed by atoms with E-state index in [9.17, 15) is 13.2 Å². The Morgan fingerprint density at radius 2 is 1.73 bits per heavy atom. The summed E-state index contributed by atoms with van der Waals surface area (Å²) in [7, 11) is 1.88. The van der Waals surface area contributed by atoms with Crippen LogP contribution >= 0.6 is 0 Å². The molecule has 6 heteroatoms. The predicted molar refractivity (Wildman–Crippen MR) is 95.7 cm³/mol. The lowest BCUT2D eigenvalue weighted by atomic mass is 10.1. The van der Waals surface area contributed by atoms with Gasteiger partial charge in [-0.05, 0) is 24.3 Å². The van der Waals surface area contributed by atoms with Crippen molar-refractivity contribution in [3.05, 3.63) is 66.0 Å². The number of nitrogens with zero attached hydrogens (tertiary/aromatic N) is 3. The van der Waals surface area contributed by atoms with Gasteiger partial charge in [-0.2, -0.15) is 13.2 Å². The average Bonchev–Trinajstić information content (AvgIpc) is 2.64. The Kier molecular flexibility index (Phi) is 5.08. The highest BCUT2D eigenvalue weighted by Gasteiger charge is 2.32. The van der Waals surface area contributed by atoms with E-state index < -0.39 is 11.7 Å². The van der Waals surface area contributed by atoms with Crippen molar-refractivity contribution in [2.75, 3.05) is 18.5 Å². The highest BCUT2D eigenvalue weighted by molar-refractivity contribution is 5.89. The van der Waals surface area contributed by atoms with E-state index in [2.05, 4.69) is 21.8 Å². The van der Waals surface area contributed by atoms with Crippen LogP contribution in [-0.2, 0) is 6.18 Å². The van der Waals surface area contributed by atoms with E-state index in [1.165, 1.54) is 18.5 Å². The van der Waals surface area contributed by atoms with Crippen molar-refractivity contribution in [3.63, 3.8) is 0 Å². The molecule has 0 amide bonds. The molecule has 0 unspecified atom stereocenters. The molecule has 0 N–H and O–H groups in total. The molecule has 0 atom stereocenters. The van der Waals surface area contributed by atoms with Gasteiger partial charge in [0.15, 0.2) is 0 Å². The summed E-state index contributed by atoms with van der Waals surface area (Å²) in [6, 6.07) is 13.0. The van der Waals surface area contributed by atoms with Crippen molar-refractivity contribution < 1.29 is 13.2 Å². The van der Waals surface area contributed by atoms with Crippen molar-refractivity contribution >= 4 is 16.7 Å². The molecule has 0 aliphatic carbocycles. The van der Waals surface area contributed by atoms with Gasteiger partial charge in [-0.15, -0.1) is 0 Å². The topological polar surface area (TPSA) is 29.0 Å². The molecule has 1 aromatic heterocycles. The van der Waals surface area contributed by atoms with Crippen LogP contribution in [0.3, 0.4) is 0 Å². The Labute approximate surface area is 149 Å². The van der Waals surface area contributed by atoms with Crippen molar-refractivity contribution in [1.29, 1.82) is 0 Å². The third-order valence-corrected chi connectivity index (χ3v) is 3.91. The van der Waals surface area contributed by atoms with Gasteiger partial charge in [0.25, 0.3) is 0 Å². The minimum Gasteiger partial charge on any atom is -0.358 e. The molecule has 0 fully saturated rings. The van der Waals surface area contributed by atoms with E-state index in [4.69, 9.17) is 0 Å². The monoisotopic (exact) mass is 355 g/mol. The molecule has 0 spiro atoms. The van der Waals surface area contributed by atoms with E-state index in [0.29, 0.717) is 13.0 Å². The second kappa shape index (κ2) is 7.44. The van der Waals surface area contributed by atoms with Gasteiger partial charge in [0.05, 0.1) is 11.1 Å². The minimum atomic E-state index is -4.40. The lowest BCUT2D eigenvalue weighted by molar-refractivity contribution is -0.137. The SMILES string of the molecule is CN(CCC#Cc1ccccc1C(F)(F)F)c1ncnc2ccccc12. The first-order valence-corrected chi connectivity index (χ1v) is 8.03. The maximum atomic E-state index is 13.0. The maximum absolute atomic E-state index is 13.0. The largest absolute Gasteiger partial charge is 0.417 e. The molecule has 3 nitrogen and oxygen atoms in total. The van der Waals surface area contributed by atoms with Crippen LogP contribution in [-0.4, -0.2) is 23.6 Å². The second-order valence-electron chi connectivity index (χ2n) is 5.73. The summed E-state index contributed by atoms with van der Waals surface area (Å²) in [4.78, 5) is 10.5. The Morgan fingerprint density at radius 3 is 2.54 bits per heavy atom. The van der Waals surface area contributed by atoms with Gasteiger partial charge in [-0.25, -0.2) is 9.97 Å². The van der Waals surface area contributed by atoms with Crippen LogP contribution in [0.5, 0.6) is 0 Å². The number of hydrogen-bond donors (Lipinski definition) is 0. The molecule has 0 bridgehead atoms. The Bertz CT molecular complexity index is 966. The molecular weight excluding hydrogens is 339 g/mol. The first-order chi connectivity index (χ1) is 12.5. The quantitative estimate of drug-likeness (QED) is 0.647. The highest BCUT2D eigenvalue weighted by atomic mass is 19.4. The minimum absolute atomic E-state index is 0.00450. The highest BCUT2D eigenvalue weighted by Crippen LogP contribution is 2.31. The van der Waals surface area contributed by atoms with Crippen molar-refractivity contribution in [3.8, 4) is 11.8 Å². The van der Waals surface area contributed by atoms with Crippen molar-refractivity contribution in [2.24, 2.45) is 0 Å². The van der Waals surface area contributed by atoms with Gasteiger partial charge >= 0.3 is 6.18 Å². The van der Waals surface area contributed by atoms with Gasteiger partial charge in [0.1, 0.15) is 12.1 Å². The molecule has 2 aromatic carbocycles. The van der Waals surface area contributed by atoms with Crippen LogP contribution in [0.4, 0.5) is 19.0 Å². The molecule has 0 aliphatic heterocycles. The summed E-state index contributed by atoms with van der Waals surface area (Å²) < 4.78 is 38.9. The van der Waals surface area contributed by atoms with Crippen LogP contribution in [0.1, 0.15) is 17.5 Å². The van der Waals surface area contributed by atoms with Crippen molar-refractivity contribution in [1.82, 2.24) is 9.97 Å². The fourth-order valence-electron chi connectivity index (χ4n) is 2.62. The van der Waals surface area contributed by atoms with Gasteiger partial charge in [-0.3, -0.25) is 0 Å². The summed E-state index contributed by atoms with van der Waals surface area (Å²) in [5, 5.41) is 0.924. The van der Waals surface area contributed by atoms with Crippen molar-refractivity contribution in [2.45, 2.75) is 12.6 Å². The standard InChI is InChI=1S/C20H16F3N3/c1-26(19-16-10-3-5-12-18(16)24-14-25-19)13-7-6-9-15-8-2-4-11-17(15)20(21,22)23/h2-5,8,10-12,14H,7,13H2,1H3. The summed E-state index contributed by atoms with van der Waals surface area (Å²) in [5.74, 6) is 6.23. The smallest absolute Gasteiger partial charge is 0.358 e. The number of hydrogen-bond acceptors (Lipinski definition) is 3. The fraction of sp³-hybridized carbons (Fsp3) is 0.200. The van der Waals surface area contributed by atoms with Gasteiger partial charge < -0.3 is 4.90 Å². The molecule has 26 heavy (non-hydrogen) atoms. The lowest BCUT2D eigenvalue weighted by Crippen LogP contribution is -2.19. The van der Waals surface area contributed by atoms with E-state index in [-0.39, 0.29) is 5.56 Å². The first-order valence-electron chi connectivity index (χ1n) is 8.03. The number of fused-ring (bicyclic) bond motifs is 1. The van der Waals surface area contributed by atoms with Gasteiger partial charge in [-0.1, -0.05) is 36.1 Å². The third kappa shape index (κ3) is 3.94. The molecule has 0 aliphatic rings. The van der Waals surface area contributed by atoms with Crippen LogP contribution < -0.4 is 4.90 Å². The lowest BCUT2D eigenvalue weighted by Gasteiger charge is -2.18. The van der Waals surface area contributed by atoms with Gasteiger partial charge in [0, 0.05) is 31.0 Å². The Hall–Kier alpha value is -3.07. The zero-order valence-electron chi connectivity index (χ0n) is 14.1. The molecular formula is C20H16F3N3. The number of alkyl halides is 3. The van der Waals surface area contributed by atoms with Crippen LogP contribution in [0.25, 0.3) is 10.9 Å². The molecule has 3 aromatic rings. The average molecular weight is 355 g/mol. The normalized spacial score (nSPS) is 11.1. The summed E-state index contributed by atoms with van der Waals surface area (Å²) in [5.41, 5.74) is 0.132. The molecule has 1 heterocycles. The summed E-state index contributed by atoms with van der Waals surface area (Å²) >= 11 is 0.